The predicted octanol–water partition coefficient (Wildman–Crippen LogP) is 3.69. The monoisotopic (exact) mass is 310 g/mol. The van der Waals surface area contributed by atoms with Crippen LogP contribution in [0.1, 0.15) is 28.9 Å². The van der Waals surface area contributed by atoms with Gasteiger partial charge in [0.15, 0.2) is 5.82 Å². The second-order valence-corrected chi connectivity index (χ2v) is 5.01. The Morgan fingerprint density at radius 1 is 1.29 bits per heavy atom. The second-order valence-electron chi connectivity index (χ2n) is 4.58. The van der Waals surface area contributed by atoms with E-state index in [1.807, 2.05) is 0 Å². The van der Waals surface area contributed by atoms with Crippen LogP contribution in [0.15, 0.2) is 36.4 Å². The van der Waals surface area contributed by atoms with Crippen molar-refractivity contribution in [2.75, 3.05) is 5.73 Å². The van der Waals surface area contributed by atoms with Gasteiger partial charge in [-0.15, -0.1) is 0 Å². The van der Waals surface area contributed by atoms with Gasteiger partial charge in [0.2, 0.25) is 0 Å². The van der Waals surface area contributed by atoms with Crippen LogP contribution in [0.4, 0.5) is 14.5 Å². The van der Waals surface area contributed by atoms with Gasteiger partial charge in [0.1, 0.15) is 11.4 Å². The van der Waals surface area contributed by atoms with Crippen molar-refractivity contribution in [2.45, 2.75) is 13.0 Å². The van der Waals surface area contributed by atoms with Crippen molar-refractivity contribution in [1.29, 1.82) is 0 Å². The van der Waals surface area contributed by atoms with Gasteiger partial charge in [0.25, 0.3) is 5.91 Å². The average molecular weight is 311 g/mol. The molecule has 0 fully saturated rings. The summed E-state index contributed by atoms with van der Waals surface area (Å²) >= 11 is 5.86. The Hall–Kier alpha value is -2.14. The largest absolute Gasteiger partial charge is 0.396 e. The summed E-state index contributed by atoms with van der Waals surface area (Å²) in [6.07, 6.45) is 0. The highest BCUT2D eigenvalue weighted by Gasteiger charge is 2.21. The summed E-state index contributed by atoms with van der Waals surface area (Å²) in [4.78, 5) is 12.0. The number of carbonyl (C=O) groups excluding carboxylic acids is 1. The first kappa shape index (κ1) is 15.3. The first-order valence-electron chi connectivity index (χ1n) is 6.20. The Kier molecular flexibility index (Phi) is 4.43. The number of anilines is 1. The maximum atomic E-state index is 13.8. The molecule has 6 heteroatoms. The molecule has 0 saturated carbocycles. The lowest BCUT2D eigenvalue weighted by molar-refractivity contribution is 0.0931. The van der Waals surface area contributed by atoms with Crippen LogP contribution >= 0.6 is 11.6 Å². The molecular formula is C15H13ClF2N2O. The lowest BCUT2D eigenvalue weighted by atomic mass is 10.1. The highest BCUT2D eigenvalue weighted by Crippen LogP contribution is 2.21. The van der Waals surface area contributed by atoms with Gasteiger partial charge in [0, 0.05) is 5.02 Å². The third-order valence-corrected chi connectivity index (χ3v) is 3.28. The first-order valence-corrected chi connectivity index (χ1v) is 6.57. The Morgan fingerprint density at radius 3 is 2.67 bits per heavy atom. The van der Waals surface area contributed by atoms with Crippen molar-refractivity contribution in [1.82, 2.24) is 5.32 Å². The summed E-state index contributed by atoms with van der Waals surface area (Å²) in [6.45, 7) is 1.69. The molecule has 21 heavy (non-hydrogen) atoms. The minimum absolute atomic E-state index is 0.281. The van der Waals surface area contributed by atoms with Gasteiger partial charge in [0.05, 0.1) is 11.7 Å². The van der Waals surface area contributed by atoms with Gasteiger partial charge < -0.3 is 11.1 Å². The SMILES string of the molecule is CC(NC(=O)c1c(F)ccc(N)c1F)c1cccc(Cl)c1. The van der Waals surface area contributed by atoms with E-state index in [0.717, 1.165) is 17.7 Å². The molecule has 3 nitrogen and oxygen atoms in total. The van der Waals surface area contributed by atoms with E-state index in [-0.39, 0.29) is 5.69 Å². The molecule has 0 aliphatic heterocycles. The van der Waals surface area contributed by atoms with Gasteiger partial charge in [-0.25, -0.2) is 8.78 Å². The number of nitrogen functional groups attached to an aromatic ring is 1. The molecule has 0 saturated heterocycles. The molecule has 1 unspecified atom stereocenters. The van der Waals surface area contributed by atoms with E-state index in [1.54, 1.807) is 31.2 Å². The van der Waals surface area contributed by atoms with Crippen LogP contribution in [-0.2, 0) is 0 Å². The molecule has 0 aromatic heterocycles. The zero-order chi connectivity index (χ0) is 15.6. The summed E-state index contributed by atoms with van der Waals surface area (Å²) in [5, 5.41) is 3.02. The number of hydrogen-bond donors (Lipinski definition) is 2. The van der Waals surface area contributed by atoms with E-state index in [4.69, 9.17) is 17.3 Å². The molecule has 0 heterocycles. The van der Waals surface area contributed by atoms with Crippen LogP contribution in [0, 0.1) is 11.6 Å². The van der Waals surface area contributed by atoms with E-state index < -0.39 is 29.1 Å². The van der Waals surface area contributed by atoms with Crippen molar-refractivity contribution in [3.63, 3.8) is 0 Å². The smallest absolute Gasteiger partial charge is 0.257 e. The maximum Gasteiger partial charge on any atom is 0.257 e. The normalized spacial score (nSPS) is 12.0. The number of halogens is 3. The molecule has 2 aromatic rings. The number of nitrogens with two attached hydrogens (primary N) is 1. The number of hydrogen-bond acceptors (Lipinski definition) is 2. The minimum atomic E-state index is -1.06. The quantitative estimate of drug-likeness (QED) is 0.849. The fraction of sp³-hybridized carbons (Fsp3) is 0.133. The van der Waals surface area contributed by atoms with Crippen molar-refractivity contribution in [3.8, 4) is 0 Å². The van der Waals surface area contributed by atoms with Crippen LogP contribution in [0.2, 0.25) is 5.02 Å². The molecule has 0 spiro atoms. The standard InChI is InChI=1S/C15H13ClF2N2O/c1-8(9-3-2-4-10(16)7-9)20-15(21)13-11(17)5-6-12(19)14(13)18/h2-8H,19H2,1H3,(H,20,21). The summed E-state index contributed by atoms with van der Waals surface area (Å²) in [5.41, 5.74) is 5.10. The maximum absolute atomic E-state index is 13.8. The van der Waals surface area contributed by atoms with E-state index in [2.05, 4.69) is 5.32 Å². The van der Waals surface area contributed by atoms with Crippen LogP contribution in [0.3, 0.4) is 0 Å². The summed E-state index contributed by atoms with van der Waals surface area (Å²) in [5.74, 6) is -2.90. The number of carbonyl (C=O) groups is 1. The van der Waals surface area contributed by atoms with Crippen molar-refractivity contribution in [3.05, 3.63) is 64.2 Å². The minimum Gasteiger partial charge on any atom is -0.396 e. The zero-order valence-electron chi connectivity index (χ0n) is 11.2. The van der Waals surface area contributed by atoms with Crippen molar-refractivity contribution in [2.24, 2.45) is 0 Å². The van der Waals surface area contributed by atoms with Crippen LogP contribution < -0.4 is 11.1 Å². The number of nitrogens with one attached hydrogen (secondary N) is 1. The number of amides is 1. The average Bonchev–Trinajstić information content (AvgIpc) is 2.43. The number of rotatable bonds is 3. The van der Waals surface area contributed by atoms with Gasteiger partial charge in [-0.2, -0.15) is 0 Å². The van der Waals surface area contributed by atoms with Gasteiger partial charge in [-0.1, -0.05) is 23.7 Å². The lowest BCUT2D eigenvalue weighted by Gasteiger charge is -2.15. The Balaban J connectivity index is 2.24. The fourth-order valence-electron chi connectivity index (χ4n) is 1.90. The first-order chi connectivity index (χ1) is 9.90. The molecule has 1 amide bonds. The molecule has 3 N–H and O–H groups in total. The van der Waals surface area contributed by atoms with Gasteiger partial charge in [-0.05, 0) is 36.8 Å². The van der Waals surface area contributed by atoms with Crippen molar-refractivity contribution >= 4 is 23.2 Å². The Bertz CT molecular complexity index is 691. The molecule has 0 radical (unpaired) electrons. The molecule has 0 aliphatic rings. The van der Waals surface area contributed by atoms with Crippen LogP contribution in [-0.4, -0.2) is 5.91 Å². The topological polar surface area (TPSA) is 55.1 Å². The van der Waals surface area contributed by atoms with Gasteiger partial charge >= 0.3 is 0 Å². The van der Waals surface area contributed by atoms with E-state index in [9.17, 15) is 13.6 Å². The number of benzene rings is 2. The van der Waals surface area contributed by atoms with Crippen molar-refractivity contribution < 1.29 is 13.6 Å². The third kappa shape index (κ3) is 3.31. The summed E-state index contributed by atoms with van der Waals surface area (Å²) in [7, 11) is 0. The highest BCUT2D eigenvalue weighted by atomic mass is 35.5. The van der Waals surface area contributed by atoms with E-state index in [1.165, 1.54) is 0 Å². The Morgan fingerprint density at radius 2 is 2.00 bits per heavy atom. The molecule has 0 aliphatic carbocycles. The van der Waals surface area contributed by atoms with Gasteiger partial charge in [-0.3, -0.25) is 4.79 Å². The predicted molar refractivity (Wildman–Crippen MR) is 78.1 cm³/mol. The fourth-order valence-corrected chi connectivity index (χ4v) is 2.10. The zero-order valence-corrected chi connectivity index (χ0v) is 11.9. The van der Waals surface area contributed by atoms with Crippen LogP contribution in [0.25, 0.3) is 0 Å². The molecule has 2 rings (SSSR count). The molecule has 1 atom stereocenters. The van der Waals surface area contributed by atoms with E-state index >= 15 is 0 Å². The molecular weight excluding hydrogens is 298 g/mol. The highest BCUT2D eigenvalue weighted by molar-refractivity contribution is 6.30. The summed E-state index contributed by atoms with van der Waals surface area (Å²) in [6, 6.07) is 8.40. The lowest BCUT2D eigenvalue weighted by Crippen LogP contribution is -2.28. The molecule has 2 aromatic carbocycles. The second kappa shape index (κ2) is 6.10. The Labute approximate surface area is 125 Å². The summed E-state index contributed by atoms with van der Waals surface area (Å²) < 4.78 is 27.4. The molecule has 110 valence electrons. The third-order valence-electron chi connectivity index (χ3n) is 3.04. The molecule has 0 bridgehead atoms. The van der Waals surface area contributed by atoms with Crippen LogP contribution in [0.5, 0.6) is 0 Å². The van der Waals surface area contributed by atoms with E-state index in [0.29, 0.717) is 5.02 Å².